The topological polar surface area (TPSA) is 55.4 Å². The number of carbonyl (C=O) groups is 2. The molecule has 4 nitrogen and oxygen atoms in total. The van der Waals surface area contributed by atoms with Gasteiger partial charge in [-0.15, -0.1) is 11.8 Å². The van der Waals surface area contributed by atoms with Gasteiger partial charge in [-0.25, -0.2) is 0 Å². The molecule has 0 aliphatic rings. The van der Waals surface area contributed by atoms with E-state index in [1.165, 1.54) is 11.8 Å². The predicted molar refractivity (Wildman–Crippen MR) is 102 cm³/mol. The summed E-state index contributed by atoms with van der Waals surface area (Å²) >= 11 is 13.2. The molecule has 0 aromatic heterocycles. The van der Waals surface area contributed by atoms with Gasteiger partial charge in [0.25, 0.3) is 5.91 Å². The highest BCUT2D eigenvalue weighted by molar-refractivity contribution is 7.99. The normalized spacial score (nSPS) is 10.3. The first-order valence-electron chi connectivity index (χ1n) is 7.52. The standard InChI is InChI=1S/C18H17Cl2NO3S/c19-15-7-5-13(6-8-15)9-21-17(22)10-24-18(23)12-25-11-14-3-1-2-4-16(14)20/h1-8H,9-12H2,(H,21,22). The van der Waals surface area contributed by atoms with Gasteiger partial charge in [-0.2, -0.15) is 0 Å². The lowest BCUT2D eigenvalue weighted by Gasteiger charge is -2.07. The summed E-state index contributed by atoms with van der Waals surface area (Å²) in [6, 6.07) is 14.6. The summed E-state index contributed by atoms with van der Waals surface area (Å²) in [7, 11) is 0. The zero-order valence-corrected chi connectivity index (χ0v) is 15.7. The molecule has 0 spiro atoms. The van der Waals surface area contributed by atoms with E-state index in [4.69, 9.17) is 27.9 Å². The smallest absolute Gasteiger partial charge is 0.316 e. The van der Waals surface area contributed by atoms with Crippen LogP contribution in [0.3, 0.4) is 0 Å². The molecule has 1 amide bonds. The lowest BCUT2D eigenvalue weighted by molar-refractivity contribution is -0.145. The van der Waals surface area contributed by atoms with Crippen molar-refractivity contribution in [1.29, 1.82) is 0 Å². The molecule has 0 aliphatic heterocycles. The molecular formula is C18H17Cl2NO3S. The number of carbonyl (C=O) groups excluding carboxylic acids is 2. The minimum atomic E-state index is -0.432. The molecule has 0 aliphatic carbocycles. The van der Waals surface area contributed by atoms with Gasteiger partial charge in [0.2, 0.25) is 0 Å². The quantitative estimate of drug-likeness (QED) is 0.681. The van der Waals surface area contributed by atoms with Crippen LogP contribution in [-0.4, -0.2) is 24.2 Å². The second-order valence-corrected chi connectivity index (χ2v) is 6.98. The molecule has 2 aromatic carbocycles. The van der Waals surface area contributed by atoms with Gasteiger partial charge in [0.1, 0.15) is 0 Å². The molecule has 0 unspecified atom stereocenters. The lowest BCUT2D eigenvalue weighted by Crippen LogP contribution is -2.28. The molecule has 0 heterocycles. The SMILES string of the molecule is O=C(COC(=O)CSCc1ccccc1Cl)NCc1ccc(Cl)cc1. The first-order valence-corrected chi connectivity index (χ1v) is 9.43. The Morgan fingerprint density at radius 2 is 1.76 bits per heavy atom. The highest BCUT2D eigenvalue weighted by Gasteiger charge is 2.08. The summed E-state index contributed by atoms with van der Waals surface area (Å²) in [5.74, 6) is -0.00848. The molecule has 0 bridgehead atoms. The Balaban J connectivity index is 1.61. The molecule has 7 heteroatoms. The summed E-state index contributed by atoms with van der Waals surface area (Å²) in [6.07, 6.45) is 0. The largest absolute Gasteiger partial charge is 0.455 e. The molecule has 0 radical (unpaired) electrons. The van der Waals surface area contributed by atoms with Gasteiger partial charge in [0.15, 0.2) is 6.61 Å². The maximum atomic E-state index is 11.7. The Bertz CT molecular complexity index is 723. The Labute approximate surface area is 160 Å². The highest BCUT2D eigenvalue weighted by Crippen LogP contribution is 2.20. The molecule has 2 rings (SSSR count). The summed E-state index contributed by atoms with van der Waals surface area (Å²) in [5.41, 5.74) is 1.88. The number of amides is 1. The number of nitrogens with one attached hydrogen (secondary N) is 1. The molecule has 0 atom stereocenters. The Morgan fingerprint density at radius 3 is 2.48 bits per heavy atom. The number of rotatable bonds is 8. The highest BCUT2D eigenvalue weighted by atomic mass is 35.5. The van der Waals surface area contributed by atoms with Crippen molar-refractivity contribution in [3.8, 4) is 0 Å². The third-order valence-corrected chi connectivity index (χ3v) is 4.78. The van der Waals surface area contributed by atoms with E-state index < -0.39 is 5.97 Å². The molecule has 0 fully saturated rings. The fourth-order valence-corrected chi connectivity index (χ4v) is 3.13. The second-order valence-electron chi connectivity index (χ2n) is 5.15. The van der Waals surface area contributed by atoms with Gasteiger partial charge >= 0.3 is 5.97 Å². The fraction of sp³-hybridized carbons (Fsp3) is 0.222. The van der Waals surface area contributed by atoms with Gasteiger partial charge in [0, 0.05) is 22.3 Å². The van der Waals surface area contributed by atoms with Crippen LogP contribution in [0.5, 0.6) is 0 Å². The molecule has 25 heavy (non-hydrogen) atoms. The van der Waals surface area contributed by atoms with Gasteiger partial charge in [-0.05, 0) is 29.3 Å². The van der Waals surface area contributed by atoms with Crippen LogP contribution in [0.15, 0.2) is 48.5 Å². The van der Waals surface area contributed by atoms with Crippen molar-refractivity contribution in [2.75, 3.05) is 12.4 Å². The van der Waals surface area contributed by atoms with Gasteiger partial charge in [-0.3, -0.25) is 9.59 Å². The number of esters is 1. The summed E-state index contributed by atoms with van der Waals surface area (Å²) in [4.78, 5) is 23.4. The van der Waals surface area contributed by atoms with Gasteiger partial charge < -0.3 is 10.1 Å². The third-order valence-electron chi connectivity index (χ3n) is 3.20. The van der Waals surface area contributed by atoms with Crippen LogP contribution in [0.25, 0.3) is 0 Å². The van der Waals surface area contributed by atoms with Crippen LogP contribution < -0.4 is 5.32 Å². The molecule has 2 aromatic rings. The molecule has 0 saturated carbocycles. The van der Waals surface area contributed by atoms with Gasteiger partial charge in [-0.1, -0.05) is 53.5 Å². The maximum Gasteiger partial charge on any atom is 0.316 e. The van der Waals surface area contributed by atoms with E-state index in [2.05, 4.69) is 5.32 Å². The van der Waals surface area contributed by atoms with Crippen molar-refractivity contribution in [2.45, 2.75) is 12.3 Å². The summed E-state index contributed by atoms with van der Waals surface area (Å²) in [5, 5.41) is 3.99. The molecule has 132 valence electrons. The van der Waals surface area contributed by atoms with Crippen LogP contribution in [-0.2, 0) is 26.6 Å². The van der Waals surface area contributed by atoms with Crippen molar-refractivity contribution in [3.05, 3.63) is 69.7 Å². The average molecular weight is 398 g/mol. The number of hydrogen-bond acceptors (Lipinski definition) is 4. The maximum absolute atomic E-state index is 11.7. The van der Waals surface area contributed by atoms with Crippen molar-refractivity contribution in [2.24, 2.45) is 0 Å². The van der Waals surface area contributed by atoms with Crippen molar-refractivity contribution < 1.29 is 14.3 Å². The van der Waals surface area contributed by atoms with E-state index in [-0.39, 0.29) is 18.3 Å². The summed E-state index contributed by atoms with van der Waals surface area (Å²) in [6.45, 7) is 0.0634. The van der Waals surface area contributed by atoms with Crippen molar-refractivity contribution in [1.82, 2.24) is 5.32 Å². The number of hydrogen-bond donors (Lipinski definition) is 1. The number of thioether (sulfide) groups is 1. The fourth-order valence-electron chi connectivity index (χ4n) is 1.90. The zero-order valence-electron chi connectivity index (χ0n) is 13.3. The predicted octanol–water partition coefficient (Wildman–Crippen LogP) is 4.09. The van der Waals surface area contributed by atoms with Crippen molar-refractivity contribution in [3.63, 3.8) is 0 Å². The number of benzene rings is 2. The van der Waals surface area contributed by atoms with Crippen LogP contribution >= 0.6 is 35.0 Å². The molecule has 1 N–H and O–H groups in total. The van der Waals surface area contributed by atoms with Crippen LogP contribution in [0.2, 0.25) is 10.0 Å². The van der Waals surface area contributed by atoms with E-state index in [0.717, 1.165) is 11.1 Å². The number of ether oxygens (including phenoxy) is 1. The second kappa shape index (κ2) is 10.3. The number of halogens is 2. The average Bonchev–Trinajstić information content (AvgIpc) is 2.61. The first-order chi connectivity index (χ1) is 12.0. The van der Waals surface area contributed by atoms with E-state index >= 15 is 0 Å². The van der Waals surface area contributed by atoms with E-state index in [1.807, 2.05) is 30.3 Å². The van der Waals surface area contributed by atoms with Crippen molar-refractivity contribution >= 4 is 46.8 Å². The first kappa shape index (κ1) is 19.6. The Hall–Kier alpha value is -1.69. The van der Waals surface area contributed by atoms with Crippen LogP contribution in [0, 0.1) is 0 Å². The Morgan fingerprint density at radius 1 is 1.04 bits per heavy atom. The zero-order chi connectivity index (χ0) is 18.1. The minimum Gasteiger partial charge on any atom is -0.455 e. The Kier molecular flexibility index (Phi) is 8.12. The summed E-state index contributed by atoms with van der Waals surface area (Å²) < 4.78 is 4.95. The molecular weight excluding hydrogens is 381 g/mol. The van der Waals surface area contributed by atoms with E-state index in [9.17, 15) is 9.59 Å². The lowest BCUT2D eigenvalue weighted by atomic mass is 10.2. The van der Waals surface area contributed by atoms with Gasteiger partial charge in [0.05, 0.1) is 5.75 Å². The van der Waals surface area contributed by atoms with Crippen LogP contribution in [0.1, 0.15) is 11.1 Å². The van der Waals surface area contributed by atoms with E-state index in [0.29, 0.717) is 22.3 Å². The van der Waals surface area contributed by atoms with E-state index in [1.54, 1.807) is 18.2 Å². The minimum absolute atomic E-state index is 0.162. The molecule has 0 saturated heterocycles. The third kappa shape index (κ3) is 7.38. The van der Waals surface area contributed by atoms with Crippen LogP contribution in [0.4, 0.5) is 0 Å². The monoisotopic (exact) mass is 397 g/mol.